The number of nitrogens with one attached hydrogen (secondary N) is 1. The first-order valence-corrected chi connectivity index (χ1v) is 9.04. The highest BCUT2D eigenvalue weighted by molar-refractivity contribution is 9.10. The van der Waals surface area contributed by atoms with Gasteiger partial charge >= 0.3 is 0 Å². The Kier molecular flexibility index (Phi) is 5.73. The lowest BCUT2D eigenvalue weighted by molar-refractivity contribution is -0.115. The second-order valence-corrected chi connectivity index (χ2v) is 6.96. The summed E-state index contributed by atoms with van der Waals surface area (Å²) < 4.78 is 8.15. The van der Waals surface area contributed by atoms with Gasteiger partial charge in [-0.1, -0.05) is 45.8 Å². The van der Waals surface area contributed by atoms with Crippen molar-refractivity contribution in [3.8, 4) is 5.75 Å². The van der Waals surface area contributed by atoms with Crippen LogP contribution in [0.4, 0.5) is 5.82 Å². The molecule has 134 valence electrons. The van der Waals surface area contributed by atoms with E-state index < -0.39 is 0 Å². The number of carbonyl (C=O) groups excluding carboxylic acids is 1. The average Bonchev–Trinajstić information content (AvgIpc) is 3.04. The summed E-state index contributed by atoms with van der Waals surface area (Å²) in [6.45, 7) is 2.58. The third kappa shape index (κ3) is 4.52. The minimum atomic E-state index is -0.105. The van der Waals surface area contributed by atoms with E-state index in [1.54, 1.807) is 24.1 Å². The first-order chi connectivity index (χ1) is 12.5. The van der Waals surface area contributed by atoms with Gasteiger partial charge in [-0.3, -0.25) is 4.79 Å². The molecule has 0 saturated heterocycles. The summed E-state index contributed by atoms with van der Waals surface area (Å²) in [5.74, 6) is 1.28. The van der Waals surface area contributed by atoms with Gasteiger partial charge in [-0.05, 0) is 30.7 Å². The van der Waals surface area contributed by atoms with Crippen molar-refractivity contribution in [2.75, 3.05) is 12.4 Å². The lowest BCUT2D eigenvalue weighted by Crippen LogP contribution is -2.18. The molecule has 1 heterocycles. The summed E-state index contributed by atoms with van der Waals surface area (Å²) in [7, 11) is 1.61. The van der Waals surface area contributed by atoms with Crippen LogP contribution < -0.4 is 10.1 Å². The molecule has 0 unspecified atom stereocenters. The van der Waals surface area contributed by atoms with Crippen LogP contribution in [-0.2, 0) is 17.8 Å². The van der Waals surface area contributed by atoms with Crippen molar-refractivity contribution in [3.05, 3.63) is 75.9 Å². The molecule has 1 aromatic heterocycles. The number of nitrogens with zero attached hydrogens (tertiary/aromatic N) is 2. The number of carbonyl (C=O) groups is 1. The van der Waals surface area contributed by atoms with E-state index in [1.165, 1.54) is 0 Å². The number of hydrogen-bond donors (Lipinski definition) is 1. The van der Waals surface area contributed by atoms with Gasteiger partial charge in [0.25, 0.3) is 0 Å². The molecule has 0 aliphatic carbocycles. The van der Waals surface area contributed by atoms with E-state index in [0.29, 0.717) is 18.1 Å². The molecule has 0 saturated carbocycles. The number of anilines is 1. The van der Waals surface area contributed by atoms with Gasteiger partial charge in [0.15, 0.2) is 0 Å². The van der Waals surface area contributed by atoms with E-state index in [4.69, 9.17) is 4.74 Å². The van der Waals surface area contributed by atoms with Crippen LogP contribution in [0, 0.1) is 6.92 Å². The molecule has 0 aliphatic rings. The number of methoxy groups -OCH3 is 1. The van der Waals surface area contributed by atoms with E-state index in [-0.39, 0.29) is 12.3 Å². The van der Waals surface area contributed by atoms with Crippen LogP contribution in [-0.4, -0.2) is 22.8 Å². The molecule has 3 aromatic rings. The quantitative estimate of drug-likeness (QED) is 0.658. The van der Waals surface area contributed by atoms with E-state index in [9.17, 15) is 4.79 Å². The Morgan fingerprint density at radius 1 is 1.19 bits per heavy atom. The standard InChI is InChI=1S/C20H20BrN3O2/c1-14-3-8-18(26-2)16(11-14)12-20(25)23-19-9-10-22-24(19)13-15-4-6-17(21)7-5-15/h3-11H,12-13H2,1-2H3,(H,23,25). The van der Waals surface area contributed by atoms with Gasteiger partial charge in [0, 0.05) is 16.1 Å². The minimum Gasteiger partial charge on any atom is -0.496 e. The molecule has 0 bridgehead atoms. The van der Waals surface area contributed by atoms with Gasteiger partial charge in [-0.2, -0.15) is 5.10 Å². The highest BCUT2D eigenvalue weighted by Gasteiger charge is 2.12. The Hall–Kier alpha value is -2.60. The van der Waals surface area contributed by atoms with Crippen LogP contribution in [0.25, 0.3) is 0 Å². The first-order valence-electron chi connectivity index (χ1n) is 8.25. The number of ether oxygens (including phenoxy) is 1. The number of aryl methyl sites for hydroxylation is 1. The number of aromatic nitrogens is 2. The Balaban J connectivity index is 1.70. The predicted molar refractivity (Wildman–Crippen MR) is 106 cm³/mol. The summed E-state index contributed by atoms with van der Waals surface area (Å²) in [4.78, 5) is 12.5. The summed E-state index contributed by atoms with van der Waals surface area (Å²) >= 11 is 3.43. The molecule has 2 aromatic carbocycles. The Bertz CT molecular complexity index is 904. The minimum absolute atomic E-state index is 0.105. The first kappa shape index (κ1) is 18.2. The molecule has 0 atom stereocenters. The van der Waals surface area contributed by atoms with Crippen molar-refractivity contribution >= 4 is 27.7 Å². The molecule has 0 radical (unpaired) electrons. The number of hydrogen-bond acceptors (Lipinski definition) is 3. The predicted octanol–water partition coefficient (Wildman–Crippen LogP) is 4.19. The fourth-order valence-electron chi connectivity index (χ4n) is 2.73. The topological polar surface area (TPSA) is 56.1 Å². The monoisotopic (exact) mass is 413 g/mol. The maximum Gasteiger partial charge on any atom is 0.230 e. The van der Waals surface area contributed by atoms with Gasteiger partial charge in [-0.25, -0.2) is 4.68 Å². The van der Waals surface area contributed by atoms with Crippen LogP contribution >= 0.6 is 15.9 Å². The smallest absolute Gasteiger partial charge is 0.230 e. The largest absolute Gasteiger partial charge is 0.496 e. The molecule has 1 amide bonds. The van der Waals surface area contributed by atoms with Crippen molar-refractivity contribution in [1.82, 2.24) is 9.78 Å². The highest BCUT2D eigenvalue weighted by atomic mass is 79.9. The molecule has 1 N–H and O–H groups in total. The Morgan fingerprint density at radius 2 is 1.96 bits per heavy atom. The molecule has 3 rings (SSSR count). The normalized spacial score (nSPS) is 10.6. The summed E-state index contributed by atoms with van der Waals surface area (Å²) in [6, 6.07) is 15.6. The zero-order valence-electron chi connectivity index (χ0n) is 14.7. The van der Waals surface area contributed by atoms with Crippen LogP contribution in [0.2, 0.25) is 0 Å². The van der Waals surface area contributed by atoms with E-state index in [1.807, 2.05) is 49.4 Å². The molecule has 0 fully saturated rings. The summed E-state index contributed by atoms with van der Waals surface area (Å²) in [5.41, 5.74) is 3.06. The van der Waals surface area contributed by atoms with Crippen LogP contribution in [0.1, 0.15) is 16.7 Å². The maximum absolute atomic E-state index is 12.5. The van der Waals surface area contributed by atoms with Crippen molar-refractivity contribution in [3.63, 3.8) is 0 Å². The lowest BCUT2D eigenvalue weighted by Gasteiger charge is -2.11. The zero-order chi connectivity index (χ0) is 18.5. The number of amides is 1. The van der Waals surface area contributed by atoms with E-state index in [0.717, 1.165) is 21.2 Å². The summed E-state index contributed by atoms with van der Waals surface area (Å²) in [5, 5.41) is 7.25. The molecular formula is C20H20BrN3O2. The molecule has 26 heavy (non-hydrogen) atoms. The average molecular weight is 414 g/mol. The fourth-order valence-corrected chi connectivity index (χ4v) is 3.00. The van der Waals surface area contributed by atoms with Gasteiger partial charge < -0.3 is 10.1 Å². The second-order valence-electron chi connectivity index (χ2n) is 6.04. The Labute approximate surface area is 161 Å². The molecular weight excluding hydrogens is 394 g/mol. The SMILES string of the molecule is COc1ccc(C)cc1CC(=O)Nc1ccnn1Cc1ccc(Br)cc1. The number of benzene rings is 2. The van der Waals surface area contributed by atoms with Crippen molar-refractivity contribution in [2.24, 2.45) is 0 Å². The number of rotatable bonds is 6. The fraction of sp³-hybridized carbons (Fsp3) is 0.200. The molecule has 6 heteroatoms. The molecule has 0 aliphatic heterocycles. The second kappa shape index (κ2) is 8.19. The van der Waals surface area contributed by atoms with Crippen molar-refractivity contribution < 1.29 is 9.53 Å². The van der Waals surface area contributed by atoms with E-state index in [2.05, 4.69) is 26.3 Å². The summed E-state index contributed by atoms with van der Waals surface area (Å²) in [6.07, 6.45) is 1.93. The van der Waals surface area contributed by atoms with Crippen molar-refractivity contribution in [1.29, 1.82) is 0 Å². The molecule has 5 nitrogen and oxygen atoms in total. The zero-order valence-corrected chi connectivity index (χ0v) is 16.3. The number of halogens is 1. The van der Waals surface area contributed by atoms with Crippen LogP contribution in [0.15, 0.2) is 59.2 Å². The van der Waals surface area contributed by atoms with Gasteiger partial charge in [0.1, 0.15) is 11.6 Å². The highest BCUT2D eigenvalue weighted by Crippen LogP contribution is 2.21. The van der Waals surface area contributed by atoms with Gasteiger partial charge in [-0.15, -0.1) is 0 Å². The van der Waals surface area contributed by atoms with Gasteiger partial charge in [0.05, 0.1) is 26.3 Å². The maximum atomic E-state index is 12.5. The van der Waals surface area contributed by atoms with Crippen LogP contribution in [0.5, 0.6) is 5.75 Å². The van der Waals surface area contributed by atoms with Crippen LogP contribution in [0.3, 0.4) is 0 Å². The van der Waals surface area contributed by atoms with Gasteiger partial charge in [0.2, 0.25) is 5.91 Å². The Morgan fingerprint density at radius 3 is 2.69 bits per heavy atom. The third-order valence-corrected chi connectivity index (χ3v) is 4.55. The van der Waals surface area contributed by atoms with Crippen molar-refractivity contribution in [2.45, 2.75) is 19.9 Å². The third-order valence-electron chi connectivity index (χ3n) is 4.02. The van der Waals surface area contributed by atoms with E-state index >= 15 is 0 Å². The molecule has 0 spiro atoms. The lowest BCUT2D eigenvalue weighted by atomic mass is 10.1.